The third-order valence-corrected chi connectivity index (χ3v) is 9.20. The Bertz CT molecular complexity index is 2400. The highest BCUT2D eigenvalue weighted by Crippen LogP contribution is 2.25. The quantitative estimate of drug-likeness (QED) is 0.0935. The molecule has 6 rings (SSSR count). The number of carbonyl (C=O) groups is 3. The van der Waals surface area contributed by atoms with E-state index < -0.39 is 38.1 Å². The number of fused-ring (bicyclic) bond motifs is 2. The van der Waals surface area contributed by atoms with Gasteiger partial charge in [0, 0.05) is 33.9 Å². The highest BCUT2D eigenvalue weighted by molar-refractivity contribution is 7.86. The van der Waals surface area contributed by atoms with E-state index in [2.05, 4.69) is 21.3 Å². The third kappa shape index (κ3) is 7.94. The van der Waals surface area contributed by atoms with E-state index in [0.717, 1.165) is 22.9 Å². The van der Waals surface area contributed by atoms with Crippen LogP contribution in [0.3, 0.4) is 0 Å². The summed E-state index contributed by atoms with van der Waals surface area (Å²) >= 11 is 0. The van der Waals surface area contributed by atoms with Crippen molar-refractivity contribution in [2.75, 3.05) is 21.3 Å². The van der Waals surface area contributed by atoms with Crippen LogP contribution in [0.2, 0.25) is 0 Å². The average molecular weight is 711 g/mol. The Kier molecular flexibility index (Phi) is 9.05. The molecule has 0 radical (unpaired) electrons. The van der Waals surface area contributed by atoms with Crippen molar-refractivity contribution >= 4 is 82.4 Å². The van der Waals surface area contributed by atoms with Gasteiger partial charge in [0.1, 0.15) is 0 Å². The number of amides is 4. The molecule has 0 saturated carbocycles. The predicted molar refractivity (Wildman–Crippen MR) is 189 cm³/mol. The fourth-order valence-electron chi connectivity index (χ4n) is 5.10. The molecule has 0 heterocycles. The molecule has 15 heteroatoms. The number of carbonyl (C=O) groups excluding carboxylic acids is 3. The summed E-state index contributed by atoms with van der Waals surface area (Å²) in [5.74, 6) is -1.03. The molecule has 6 aromatic carbocycles. The summed E-state index contributed by atoms with van der Waals surface area (Å²) in [6, 6.07) is 30.0. The van der Waals surface area contributed by atoms with E-state index in [-0.39, 0.29) is 32.3 Å². The largest absolute Gasteiger partial charge is 0.323 e. The van der Waals surface area contributed by atoms with Crippen LogP contribution in [0.4, 0.5) is 27.5 Å². The minimum atomic E-state index is -4.44. The molecule has 0 bridgehead atoms. The van der Waals surface area contributed by atoms with Crippen molar-refractivity contribution in [1.29, 1.82) is 0 Å². The van der Waals surface area contributed by atoms with Gasteiger partial charge >= 0.3 is 6.03 Å². The molecule has 6 aromatic rings. The number of urea groups is 1. The summed E-state index contributed by atoms with van der Waals surface area (Å²) in [7, 11) is -8.89. The van der Waals surface area contributed by atoms with Gasteiger partial charge in [-0.05, 0) is 106 Å². The van der Waals surface area contributed by atoms with Gasteiger partial charge in [0.15, 0.2) is 0 Å². The lowest BCUT2D eigenvalue weighted by Crippen LogP contribution is -2.19. The highest BCUT2D eigenvalue weighted by atomic mass is 32.2. The molecule has 0 aliphatic heterocycles. The van der Waals surface area contributed by atoms with Crippen LogP contribution >= 0.6 is 0 Å². The molecule has 0 spiro atoms. The summed E-state index contributed by atoms with van der Waals surface area (Å²) in [5.41, 5.74) is 1.76. The monoisotopic (exact) mass is 710 g/mol. The minimum Gasteiger partial charge on any atom is -0.322 e. The Morgan fingerprint density at radius 1 is 0.420 bits per heavy atom. The summed E-state index contributed by atoms with van der Waals surface area (Å²) in [5, 5.41) is 13.6. The summed E-state index contributed by atoms with van der Waals surface area (Å²) in [4.78, 5) is 38.0. The topological polar surface area (TPSA) is 208 Å². The van der Waals surface area contributed by atoms with Crippen LogP contribution in [0.25, 0.3) is 21.5 Å². The van der Waals surface area contributed by atoms with E-state index in [9.17, 15) is 40.3 Å². The molecule has 0 fully saturated rings. The number of rotatable bonds is 8. The zero-order chi connectivity index (χ0) is 35.6. The molecule has 4 amide bonds. The Morgan fingerprint density at radius 3 is 1.20 bits per heavy atom. The van der Waals surface area contributed by atoms with Crippen LogP contribution in [0.15, 0.2) is 131 Å². The predicted octanol–water partition coefficient (Wildman–Crippen LogP) is 6.64. The van der Waals surface area contributed by atoms with Crippen LogP contribution in [0, 0.1) is 0 Å². The number of benzene rings is 6. The minimum absolute atomic E-state index is 0.176. The first-order chi connectivity index (χ1) is 23.7. The van der Waals surface area contributed by atoms with Gasteiger partial charge < -0.3 is 21.3 Å². The first kappa shape index (κ1) is 33.8. The van der Waals surface area contributed by atoms with E-state index in [1.54, 1.807) is 72.8 Å². The van der Waals surface area contributed by atoms with Gasteiger partial charge in [-0.2, -0.15) is 16.8 Å². The van der Waals surface area contributed by atoms with Crippen molar-refractivity contribution in [1.82, 2.24) is 0 Å². The smallest absolute Gasteiger partial charge is 0.322 e. The maximum atomic E-state index is 12.9. The summed E-state index contributed by atoms with van der Waals surface area (Å²) in [6.07, 6.45) is 0. The Hall–Kier alpha value is -6.13. The van der Waals surface area contributed by atoms with Crippen molar-refractivity contribution < 1.29 is 40.3 Å². The summed E-state index contributed by atoms with van der Waals surface area (Å²) < 4.78 is 64.3. The lowest BCUT2D eigenvalue weighted by Gasteiger charge is -2.11. The van der Waals surface area contributed by atoms with Crippen molar-refractivity contribution in [2.45, 2.75) is 9.79 Å². The first-order valence-electron chi connectivity index (χ1n) is 14.6. The standard InChI is InChI=1S/C35H26N4O9S2/c40-33(36-27-3-1-5-31(19-27)49(43,44)45)23-9-7-21-11-13-29(17-25(21)15-23)38-35(42)39-30-14-12-22-8-10-24(16-26(22)18-30)34(41)37-28-4-2-6-32(20-28)50(46,47)48/h1-20H,(H,36,40)(H,37,41)(H2,38,39,42)(H,43,44,45)(H,46,47,48). The third-order valence-electron chi connectivity index (χ3n) is 7.50. The van der Waals surface area contributed by atoms with Gasteiger partial charge in [0.05, 0.1) is 9.79 Å². The van der Waals surface area contributed by atoms with Crippen LogP contribution in [0.5, 0.6) is 0 Å². The van der Waals surface area contributed by atoms with E-state index >= 15 is 0 Å². The second kappa shape index (κ2) is 13.4. The number of hydrogen-bond donors (Lipinski definition) is 6. The van der Waals surface area contributed by atoms with Crippen molar-refractivity contribution in [3.05, 3.63) is 132 Å². The van der Waals surface area contributed by atoms with Crippen molar-refractivity contribution in [3.8, 4) is 0 Å². The molecule has 50 heavy (non-hydrogen) atoms. The normalized spacial score (nSPS) is 11.6. The number of hydrogen-bond acceptors (Lipinski definition) is 7. The van der Waals surface area contributed by atoms with E-state index in [1.165, 1.54) is 36.4 Å². The fraction of sp³-hybridized carbons (Fsp3) is 0. The first-order valence-corrected chi connectivity index (χ1v) is 17.5. The average Bonchev–Trinajstić information content (AvgIpc) is 3.07. The molecule has 6 N–H and O–H groups in total. The molecular formula is C35H26N4O9S2. The van der Waals surface area contributed by atoms with E-state index in [0.29, 0.717) is 22.1 Å². The van der Waals surface area contributed by atoms with Crippen LogP contribution in [0.1, 0.15) is 20.7 Å². The van der Waals surface area contributed by atoms with Crippen LogP contribution in [-0.4, -0.2) is 43.8 Å². The van der Waals surface area contributed by atoms with Gasteiger partial charge in [0.2, 0.25) is 0 Å². The van der Waals surface area contributed by atoms with Gasteiger partial charge in [-0.1, -0.05) is 36.4 Å². The fourth-order valence-corrected chi connectivity index (χ4v) is 6.15. The maximum absolute atomic E-state index is 12.9. The summed E-state index contributed by atoms with van der Waals surface area (Å²) in [6.45, 7) is 0. The molecule has 0 aromatic heterocycles. The van der Waals surface area contributed by atoms with Crippen LogP contribution < -0.4 is 21.3 Å². The second-order valence-electron chi connectivity index (χ2n) is 11.0. The zero-order valence-corrected chi connectivity index (χ0v) is 27.2. The highest BCUT2D eigenvalue weighted by Gasteiger charge is 2.14. The molecule has 0 saturated heterocycles. The molecule has 0 unspecified atom stereocenters. The lowest BCUT2D eigenvalue weighted by atomic mass is 10.1. The maximum Gasteiger partial charge on any atom is 0.323 e. The molecule has 252 valence electrons. The van der Waals surface area contributed by atoms with E-state index in [1.807, 2.05) is 0 Å². The van der Waals surface area contributed by atoms with Gasteiger partial charge in [0.25, 0.3) is 32.1 Å². The van der Waals surface area contributed by atoms with Gasteiger partial charge in [-0.25, -0.2) is 4.79 Å². The Labute approximate surface area is 285 Å². The van der Waals surface area contributed by atoms with Gasteiger partial charge in [-0.3, -0.25) is 18.7 Å². The van der Waals surface area contributed by atoms with Crippen molar-refractivity contribution in [2.24, 2.45) is 0 Å². The SMILES string of the molecule is O=C(Nc1ccc2ccc(C(=O)Nc3cccc(S(=O)(=O)O)c3)cc2c1)Nc1ccc2ccc(C(=O)Nc3cccc(S(=O)(=O)O)c3)cc2c1. The molecule has 0 aliphatic rings. The van der Waals surface area contributed by atoms with Crippen molar-refractivity contribution in [3.63, 3.8) is 0 Å². The molecule has 0 atom stereocenters. The number of nitrogens with one attached hydrogen (secondary N) is 4. The van der Waals surface area contributed by atoms with E-state index in [4.69, 9.17) is 0 Å². The van der Waals surface area contributed by atoms with Crippen LogP contribution in [-0.2, 0) is 20.2 Å². The molecule has 13 nitrogen and oxygen atoms in total. The Morgan fingerprint density at radius 2 is 0.800 bits per heavy atom. The Balaban J connectivity index is 1.13. The molecule has 0 aliphatic carbocycles. The second-order valence-corrected chi connectivity index (χ2v) is 13.9. The molecular weight excluding hydrogens is 685 g/mol. The number of anilines is 4. The lowest BCUT2D eigenvalue weighted by molar-refractivity contribution is 0.101. The van der Waals surface area contributed by atoms with Gasteiger partial charge in [-0.15, -0.1) is 0 Å². The zero-order valence-electron chi connectivity index (χ0n) is 25.6.